The van der Waals surface area contributed by atoms with Gasteiger partial charge >= 0.3 is 0 Å². The summed E-state index contributed by atoms with van der Waals surface area (Å²) in [7, 11) is 0. The zero-order valence-corrected chi connectivity index (χ0v) is 13.2. The summed E-state index contributed by atoms with van der Waals surface area (Å²) in [5.41, 5.74) is 5.85. The molecule has 0 atom stereocenters. The molecule has 118 valence electrons. The molecule has 0 fully saturated rings. The number of carbonyl (C=O) groups excluding carboxylic acids is 1. The number of hydrogen-bond acceptors (Lipinski definition) is 2. The zero-order valence-electron chi connectivity index (χ0n) is 13.2. The topological polar surface area (TPSA) is 63.3 Å². The lowest BCUT2D eigenvalue weighted by molar-refractivity contribution is -0.114. The first-order chi connectivity index (χ1) is 9.68. The molecule has 1 amide bonds. The zero-order chi connectivity index (χ0) is 15.1. The number of unbranched alkanes of at least 4 members (excludes halogenated alkanes) is 11. The molecule has 0 bridgehead atoms. The minimum atomic E-state index is -0.302. The van der Waals surface area contributed by atoms with E-state index in [4.69, 9.17) is 10.8 Å². The van der Waals surface area contributed by atoms with Crippen molar-refractivity contribution in [1.29, 1.82) is 0 Å². The third-order valence-electron chi connectivity index (χ3n) is 3.70. The third kappa shape index (κ3) is 13.6. The van der Waals surface area contributed by atoms with E-state index in [0.717, 1.165) is 19.3 Å². The maximum Gasteiger partial charge on any atom is 0.244 e. The lowest BCUT2D eigenvalue weighted by Gasteiger charge is -2.02. The predicted octanol–water partition coefficient (Wildman–Crippen LogP) is 4.09. The van der Waals surface area contributed by atoms with Gasteiger partial charge in [-0.1, -0.05) is 63.9 Å². The summed E-state index contributed by atoms with van der Waals surface area (Å²) in [6.07, 6.45) is 16.7. The number of aliphatic hydroxyl groups excluding tert-OH is 1. The van der Waals surface area contributed by atoms with E-state index < -0.39 is 0 Å². The van der Waals surface area contributed by atoms with E-state index in [-0.39, 0.29) is 5.91 Å². The maximum atomic E-state index is 10.8. The summed E-state index contributed by atoms with van der Waals surface area (Å²) in [6.45, 7) is 2.12. The van der Waals surface area contributed by atoms with Crippen LogP contribution in [0.4, 0.5) is 0 Å². The second-order valence-corrected chi connectivity index (χ2v) is 5.65. The molecule has 0 aromatic heterocycles. The molecular formula is C17H33NO2. The monoisotopic (exact) mass is 283 g/mol. The van der Waals surface area contributed by atoms with Gasteiger partial charge < -0.3 is 10.8 Å². The number of hydrogen-bond donors (Lipinski definition) is 2. The van der Waals surface area contributed by atoms with Crippen LogP contribution in [0.5, 0.6) is 0 Å². The van der Waals surface area contributed by atoms with Gasteiger partial charge in [-0.25, -0.2) is 0 Å². The van der Waals surface area contributed by atoms with Gasteiger partial charge in [0.15, 0.2) is 0 Å². The lowest BCUT2D eigenvalue weighted by Crippen LogP contribution is -2.11. The van der Waals surface area contributed by atoms with Gasteiger partial charge in [-0.2, -0.15) is 0 Å². The minimum absolute atomic E-state index is 0.302. The van der Waals surface area contributed by atoms with Crippen LogP contribution in [0.25, 0.3) is 0 Å². The lowest BCUT2D eigenvalue weighted by atomic mass is 10.0. The summed E-state index contributed by atoms with van der Waals surface area (Å²) < 4.78 is 0. The van der Waals surface area contributed by atoms with Crippen molar-refractivity contribution in [2.45, 2.75) is 84.0 Å². The van der Waals surface area contributed by atoms with Crippen LogP contribution < -0.4 is 5.73 Å². The van der Waals surface area contributed by atoms with Crippen LogP contribution in [0.15, 0.2) is 11.6 Å². The highest BCUT2D eigenvalue weighted by atomic mass is 16.2. The van der Waals surface area contributed by atoms with Gasteiger partial charge in [0, 0.05) is 12.2 Å². The Morgan fingerprint density at radius 2 is 1.25 bits per heavy atom. The molecule has 0 saturated heterocycles. The van der Waals surface area contributed by atoms with Crippen molar-refractivity contribution in [2.24, 2.45) is 5.73 Å². The fraction of sp³-hybridized carbons (Fsp3) is 0.824. The highest BCUT2D eigenvalue weighted by Gasteiger charge is 1.96. The number of allylic oxidation sites excluding steroid dienone is 1. The van der Waals surface area contributed by atoms with Crippen LogP contribution in [0.3, 0.4) is 0 Å². The molecule has 0 radical (unpaired) electrons. The van der Waals surface area contributed by atoms with Crippen molar-refractivity contribution < 1.29 is 9.90 Å². The molecule has 3 N–H and O–H groups in total. The smallest absolute Gasteiger partial charge is 0.244 e. The summed E-state index contributed by atoms with van der Waals surface area (Å²) in [6, 6.07) is 0. The van der Waals surface area contributed by atoms with Crippen molar-refractivity contribution >= 4 is 5.91 Å². The Bertz CT molecular complexity index is 262. The second kappa shape index (κ2) is 14.6. The molecule has 0 spiro atoms. The molecule has 0 aliphatic heterocycles. The molecule has 0 rings (SSSR count). The van der Waals surface area contributed by atoms with Crippen LogP contribution in [0, 0.1) is 0 Å². The van der Waals surface area contributed by atoms with Crippen LogP contribution in [-0.4, -0.2) is 17.6 Å². The summed E-state index contributed by atoms with van der Waals surface area (Å²) in [5, 5.41) is 8.66. The number of primary amides is 1. The van der Waals surface area contributed by atoms with E-state index in [9.17, 15) is 4.79 Å². The van der Waals surface area contributed by atoms with Crippen molar-refractivity contribution in [3.05, 3.63) is 11.6 Å². The molecule has 0 aliphatic rings. The van der Waals surface area contributed by atoms with Crippen LogP contribution in [0.1, 0.15) is 84.0 Å². The molecule has 0 aliphatic carbocycles. The molecule has 0 aromatic rings. The van der Waals surface area contributed by atoms with E-state index in [2.05, 4.69) is 0 Å². The Balaban J connectivity index is 3.14. The van der Waals surface area contributed by atoms with Gasteiger partial charge in [-0.15, -0.1) is 0 Å². The normalized spacial score (nSPS) is 11.8. The average molecular weight is 283 g/mol. The fourth-order valence-corrected chi connectivity index (χ4v) is 2.27. The fourth-order valence-electron chi connectivity index (χ4n) is 2.27. The summed E-state index contributed by atoms with van der Waals surface area (Å²) >= 11 is 0. The Kier molecular flexibility index (Phi) is 14.0. The first-order valence-electron chi connectivity index (χ1n) is 8.26. The van der Waals surface area contributed by atoms with Gasteiger partial charge in [0.2, 0.25) is 5.91 Å². The maximum absolute atomic E-state index is 10.8. The summed E-state index contributed by atoms with van der Waals surface area (Å²) in [4.78, 5) is 10.8. The highest BCUT2D eigenvalue weighted by molar-refractivity contribution is 5.91. The Morgan fingerprint density at radius 1 is 0.850 bits per heavy atom. The van der Waals surface area contributed by atoms with Crippen molar-refractivity contribution in [1.82, 2.24) is 0 Å². The van der Waals surface area contributed by atoms with Gasteiger partial charge in [0.05, 0.1) is 0 Å². The van der Waals surface area contributed by atoms with Crippen molar-refractivity contribution in [2.75, 3.05) is 6.61 Å². The SMILES string of the molecule is CC(=CCCCCCCCCCCCCCO)C(N)=O. The highest BCUT2D eigenvalue weighted by Crippen LogP contribution is 2.12. The van der Waals surface area contributed by atoms with Crippen LogP contribution in [0.2, 0.25) is 0 Å². The molecule has 3 heteroatoms. The Labute approximate surface area is 124 Å². The molecule has 0 saturated carbocycles. The number of amides is 1. The van der Waals surface area contributed by atoms with Crippen molar-refractivity contribution in [3.8, 4) is 0 Å². The molecule has 0 heterocycles. The number of nitrogens with two attached hydrogens (primary N) is 1. The Hall–Kier alpha value is -0.830. The molecule has 0 unspecified atom stereocenters. The predicted molar refractivity (Wildman–Crippen MR) is 85.4 cm³/mol. The number of aliphatic hydroxyl groups is 1. The van der Waals surface area contributed by atoms with E-state index in [1.54, 1.807) is 6.92 Å². The standard InChI is InChI=1S/C17H33NO2/c1-16(17(18)20)14-12-10-8-6-4-2-3-5-7-9-11-13-15-19/h14,19H,2-13,15H2,1H3,(H2,18,20). The van der Waals surface area contributed by atoms with E-state index in [0.29, 0.717) is 12.2 Å². The summed E-state index contributed by atoms with van der Waals surface area (Å²) in [5.74, 6) is -0.302. The average Bonchev–Trinajstić information content (AvgIpc) is 2.43. The number of carbonyl (C=O) groups is 1. The van der Waals surface area contributed by atoms with Gasteiger partial charge in [-0.3, -0.25) is 4.79 Å². The molecular weight excluding hydrogens is 250 g/mol. The van der Waals surface area contributed by atoms with Crippen LogP contribution in [-0.2, 0) is 4.79 Å². The van der Waals surface area contributed by atoms with Gasteiger partial charge in [-0.05, 0) is 26.2 Å². The van der Waals surface area contributed by atoms with Crippen LogP contribution >= 0.6 is 0 Å². The van der Waals surface area contributed by atoms with E-state index >= 15 is 0 Å². The van der Waals surface area contributed by atoms with Crippen molar-refractivity contribution in [3.63, 3.8) is 0 Å². The molecule has 0 aromatic carbocycles. The van der Waals surface area contributed by atoms with Gasteiger partial charge in [0.1, 0.15) is 0 Å². The molecule has 3 nitrogen and oxygen atoms in total. The molecule has 20 heavy (non-hydrogen) atoms. The van der Waals surface area contributed by atoms with E-state index in [1.807, 2.05) is 6.08 Å². The largest absolute Gasteiger partial charge is 0.396 e. The first kappa shape index (κ1) is 19.2. The Morgan fingerprint density at radius 3 is 1.65 bits per heavy atom. The quantitative estimate of drug-likeness (QED) is 0.372. The van der Waals surface area contributed by atoms with Gasteiger partial charge in [0.25, 0.3) is 0 Å². The third-order valence-corrected chi connectivity index (χ3v) is 3.70. The number of rotatable bonds is 14. The minimum Gasteiger partial charge on any atom is -0.396 e. The second-order valence-electron chi connectivity index (χ2n) is 5.65. The van der Waals surface area contributed by atoms with E-state index in [1.165, 1.54) is 57.8 Å². The first-order valence-corrected chi connectivity index (χ1v) is 8.26.